The summed E-state index contributed by atoms with van der Waals surface area (Å²) < 4.78 is 0.898. The standard InChI is InChI=1S/C18H23BrN2/c1-4-14-8-6-9-15(5-2)18(14)20-12-13(3)16-10-7-11-17(19)21-16/h6-11,13,20H,4-5,12H2,1-3H3. The van der Waals surface area contributed by atoms with E-state index in [1.807, 2.05) is 12.1 Å². The molecule has 0 saturated carbocycles. The Morgan fingerprint density at radius 1 is 1.05 bits per heavy atom. The van der Waals surface area contributed by atoms with E-state index in [2.05, 4.69) is 71.3 Å². The molecule has 0 aliphatic carbocycles. The van der Waals surface area contributed by atoms with E-state index in [9.17, 15) is 0 Å². The van der Waals surface area contributed by atoms with E-state index < -0.39 is 0 Å². The minimum atomic E-state index is 0.372. The average molecular weight is 347 g/mol. The number of para-hydroxylation sites is 1. The lowest BCUT2D eigenvalue weighted by Gasteiger charge is -2.18. The van der Waals surface area contributed by atoms with Crippen LogP contribution in [0.2, 0.25) is 0 Å². The van der Waals surface area contributed by atoms with Crippen molar-refractivity contribution >= 4 is 21.6 Å². The molecule has 112 valence electrons. The molecule has 1 atom stereocenters. The molecule has 0 spiro atoms. The zero-order chi connectivity index (χ0) is 15.2. The predicted molar refractivity (Wildman–Crippen MR) is 94.0 cm³/mol. The summed E-state index contributed by atoms with van der Waals surface area (Å²) in [4.78, 5) is 4.55. The number of nitrogens with zero attached hydrogens (tertiary/aromatic N) is 1. The largest absolute Gasteiger partial charge is 0.384 e. The number of aromatic nitrogens is 1. The van der Waals surface area contributed by atoms with Gasteiger partial charge in [0.05, 0.1) is 0 Å². The van der Waals surface area contributed by atoms with Crippen LogP contribution in [0.15, 0.2) is 41.0 Å². The van der Waals surface area contributed by atoms with Gasteiger partial charge in [-0.3, -0.25) is 0 Å². The van der Waals surface area contributed by atoms with Gasteiger partial charge in [0.1, 0.15) is 4.60 Å². The minimum Gasteiger partial charge on any atom is -0.384 e. The van der Waals surface area contributed by atoms with Crippen LogP contribution in [-0.4, -0.2) is 11.5 Å². The molecule has 1 aromatic heterocycles. The minimum absolute atomic E-state index is 0.372. The summed E-state index contributed by atoms with van der Waals surface area (Å²) in [6.45, 7) is 7.52. The molecule has 2 rings (SSSR count). The fourth-order valence-electron chi connectivity index (χ4n) is 2.53. The summed E-state index contributed by atoms with van der Waals surface area (Å²) in [5, 5.41) is 3.65. The van der Waals surface area contributed by atoms with Gasteiger partial charge in [-0.05, 0) is 52.0 Å². The van der Waals surface area contributed by atoms with Gasteiger partial charge in [0, 0.05) is 23.8 Å². The van der Waals surface area contributed by atoms with Gasteiger partial charge in [0.25, 0.3) is 0 Å². The quantitative estimate of drug-likeness (QED) is 0.728. The van der Waals surface area contributed by atoms with Crippen molar-refractivity contribution in [2.45, 2.75) is 39.5 Å². The Kier molecular flexibility index (Phi) is 5.80. The molecule has 21 heavy (non-hydrogen) atoms. The Morgan fingerprint density at radius 2 is 1.67 bits per heavy atom. The molecule has 2 aromatic rings. The van der Waals surface area contributed by atoms with Crippen molar-refractivity contribution in [1.82, 2.24) is 4.98 Å². The van der Waals surface area contributed by atoms with Crippen LogP contribution in [0.25, 0.3) is 0 Å². The normalized spacial score (nSPS) is 12.2. The molecule has 0 fully saturated rings. The fraction of sp³-hybridized carbons (Fsp3) is 0.389. The third-order valence-corrected chi connectivity index (χ3v) is 4.27. The van der Waals surface area contributed by atoms with E-state index in [-0.39, 0.29) is 0 Å². The molecule has 0 saturated heterocycles. The van der Waals surface area contributed by atoms with E-state index in [0.717, 1.165) is 29.7 Å². The zero-order valence-electron chi connectivity index (χ0n) is 13.0. The number of hydrogen-bond acceptors (Lipinski definition) is 2. The molecule has 1 unspecified atom stereocenters. The number of rotatable bonds is 6. The first-order valence-electron chi connectivity index (χ1n) is 7.62. The second-order valence-electron chi connectivity index (χ2n) is 5.33. The topological polar surface area (TPSA) is 24.9 Å². The van der Waals surface area contributed by atoms with Crippen LogP contribution in [0.5, 0.6) is 0 Å². The third-order valence-electron chi connectivity index (χ3n) is 3.83. The summed E-state index contributed by atoms with van der Waals surface area (Å²) >= 11 is 3.44. The van der Waals surface area contributed by atoms with Crippen molar-refractivity contribution in [2.75, 3.05) is 11.9 Å². The summed E-state index contributed by atoms with van der Waals surface area (Å²) in [7, 11) is 0. The highest BCUT2D eigenvalue weighted by Gasteiger charge is 2.10. The van der Waals surface area contributed by atoms with Gasteiger partial charge < -0.3 is 5.32 Å². The number of pyridine rings is 1. The van der Waals surface area contributed by atoms with Crippen LogP contribution in [0.3, 0.4) is 0 Å². The van der Waals surface area contributed by atoms with Gasteiger partial charge >= 0.3 is 0 Å². The first-order valence-corrected chi connectivity index (χ1v) is 8.42. The van der Waals surface area contributed by atoms with E-state index >= 15 is 0 Å². The second-order valence-corrected chi connectivity index (χ2v) is 6.14. The first kappa shape index (κ1) is 16.0. The number of hydrogen-bond donors (Lipinski definition) is 1. The van der Waals surface area contributed by atoms with E-state index in [1.165, 1.54) is 16.8 Å². The van der Waals surface area contributed by atoms with Crippen molar-refractivity contribution in [3.8, 4) is 0 Å². The highest BCUT2D eigenvalue weighted by Crippen LogP contribution is 2.24. The SMILES string of the molecule is CCc1cccc(CC)c1NCC(C)c1cccc(Br)n1. The average Bonchev–Trinajstić information content (AvgIpc) is 2.52. The Morgan fingerprint density at radius 3 is 2.24 bits per heavy atom. The van der Waals surface area contributed by atoms with Crippen LogP contribution >= 0.6 is 15.9 Å². The Hall–Kier alpha value is -1.35. The molecule has 0 aliphatic heterocycles. The molecule has 0 aliphatic rings. The van der Waals surface area contributed by atoms with Crippen LogP contribution in [-0.2, 0) is 12.8 Å². The van der Waals surface area contributed by atoms with Gasteiger partial charge in [0.15, 0.2) is 0 Å². The van der Waals surface area contributed by atoms with Gasteiger partial charge in [0.2, 0.25) is 0 Å². The maximum Gasteiger partial charge on any atom is 0.106 e. The summed E-state index contributed by atoms with van der Waals surface area (Å²) in [6.07, 6.45) is 2.11. The van der Waals surface area contributed by atoms with Gasteiger partial charge in [-0.2, -0.15) is 0 Å². The van der Waals surface area contributed by atoms with Crippen LogP contribution in [0.4, 0.5) is 5.69 Å². The molecule has 1 N–H and O–H groups in total. The second kappa shape index (κ2) is 7.60. The number of benzene rings is 1. The Balaban J connectivity index is 2.12. The smallest absolute Gasteiger partial charge is 0.106 e. The van der Waals surface area contributed by atoms with Crippen LogP contribution < -0.4 is 5.32 Å². The summed E-state index contributed by atoms with van der Waals surface area (Å²) in [5.41, 5.74) is 5.21. The molecule has 0 radical (unpaired) electrons. The number of halogens is 1. The first-order chi connectivity index (χ1) is 10.2. The van der Waals surface area contributed by atoms with Gasteiger partial charge in [-0.1, -0.05) is 45.0 Å². The van der Waals surface area contributed by atoms with E-state index in [1.54, 1.807) is 0 Å². The molecule has 1 heterocycles. The molecule has 0 amide bonds. The van der Waals surface area contributed by atoms with Crippen molar-refractivity contribution < 1.29 is 0 Å². The molecule has 2 nitrogen and oxygen atoms in total. The van der Waals surface area contributed by atoms with Crippen molar-refractivity contribution in [3.63, 3.8) is 0 Å². The van der Waals surface area contributed by atoms with Gasteiger partial charge in [-0.15, -0.1) is 0 Å². The molecule has 3 heteroatoms. The summed E-state index contributed by atoms with van der Waals surface area (Å²) in [6, 6.07) is 12.7. The predicted octanol–water partition coefficient (Wildman–Crippen LogP) is 5.18. The number of aryl methyl sites for hydroxylation is 2. The molecular weight excluding hydrogens is 324 g/mol. The van der Waals surface area contributed by atoms with Crippen molar-refractivity contribution in [2.24, 2.45) is 0 Å². The maximum absolute atomic E-state index is 4.55. The molecular formula is C18H23BrN2. The highest BCUT2D eigenvalue weighted by atomic mass is 79.9. The van der Waals surface area contributed by atoms with E-state index in [0.29, 0.717) is 5.92 Å². The third kappa shape index (κ3) is 4.07. The van der Waals surface area contributed by atoms with Crippen LogP contribution in [0, 0.1) is 0 Å². The van der Waals surface area contributed by atoms with E-state index in [4.69, 9.17) is 0 Å². The molecule has 0 bridgehead atoms. The zero-order valence-corrected chi connectivity index (χ0v) is 14.6. The van der Waals surface area contributed by atoms with Gasteiger partial charge in [-0.25, -0.2) is 4.98 Å². The number of anilines is 1. The fourth-order valence-corrected chi connectivity index (χ4v) is 2.89. The summed E-state index contributed by atoms with van der Waals surface area (Å²) in [5.74, 6) is 0.372. The Labute approximate surface area is 136 Å². The van der Waals surface area contributed by atoms with Crippen LogP contribution in [0.1, 0.15) is 43.5 Å². The monoisotopic (exact) mass is 346 g/mol. The highest BCUT2D eigenvalue weighted by molar-refractivity contribution is 9.10. The number of nitrogens with one attached hydrogen (secondary N) is 1. The lowest BCUT2D eigenvalue weighted by Crippen LogP contribution is -2.13. The lowest BCUT2D eigenvalue weighted by molar-refractivity contribution is 0.766. The van der Waals surface area contributed by atoms with Crippen molar-refractivity contribution in [1.29, 1.82) is 0 Å². The maximum atomic E-state index is 4.55. The van der Waals surface area contributed by atoms with Crippen molar-refractivity contribution in [3.05, 3.63) is 57.8 Å². The Bertz CT molecular complexity index is 573. The lowest BCUT2D eigenvalue weighted by atomic mass is 10.0. The molecule has 1 aromatic carbocycles.